The smallest absolute Gasteiger partial charge is 0.245 e. The molecule has 0 aliphatic carbocycles. The summed E-state index contributed by atoms with van der Waals surface area (Å²) in [5, 5.41) is 15.2. The van der Waals surface area contributed by atoms with Crippen LogP contribution in [-0.2, 0) is 0 Å². The summed E-state index contributed by atoms with van der Waals surface area (Å²) in [5.41, 5.74) is 2.13. The van der Waals surface area contributed by atoms with E-state index in [1.54, 1.807) is 12.1 Å². The number of carbonyl (C=O) groups excluding carboxylic acids is 2. The fourth-order valence-electron chi connectivity index (χ4n) is 1.80. The highest BCUT2D eigenvalue weighted by atomic mass is 16.2. The van der Waals surface area contributed by atoms with Crippen molar-refractivity contribution in [3.8, 4) is 0 Å². The second kappa shape index (κ2) is 3.42. The Hall–Kier alpha value is -2.64. The van der Waals surface area contributed by atoms with Gasteiger partial charge in [-0.15, -0.1) is 10.2 Å². The number of hydrogen-bond donors (Lipinski definition) is 0. The van der Waals surface area contributed by atoms with Gasteiger partial charge in [-0.2, -0.15) is 9.36 Å². The second-order valence-electron chi connectivity index (χ2n) is 3.87. The van der Waals surface area contributed by atoms with Gasteiger partial charge in [-0.25, -0.2) is 0 Å². The van der Waals surface area contributed by atoms with Crippen molar-refractivity contribution < 1.29 is 9.59 Å². The Kier molecular flexibility index (Phi) is 2.00. The molecule has 0 fully saturated rings. The van der Waals surface area contributed by atoms with E-state index in [1.807, 2.05) is 0 Å². The molecule has 0 saturated carbocycles. The molecule has 3 aromatic rings. The molecule has 8 heteroatoms. The predicted molar refractivity (Wildman–Crippen MR) is 61.2 cm³/mol. The molecule has 0 unspecified atom stereocenters. The van der Waals surface area contributed by atoms with Crippen LogP contribution in [0.25, 0.3) is 22.1 Å². The molecule has 0 aliphatic heterocycles. The lowest BCUT2D eigenvalue weighted by Gasteiger charge is -1.97. The Morgan fingerprint density at radius 2 is 1.33 bits per heavy atom. The number of fused-ring (bicyclic) bond motifs is 2. The molecule has 2 aromatic heterocycles. The summed E-state index contributed by atoms with van der Waals surface area (Å²) in [6.45, 7) is 2.78. The minimum Gasteiger partial charge on any atom is -0.273 e. The SMILES string of the molecule is CC(=O)n1nnc2cc3nnn(C(C)=O)c3cc21. The summed E-state index contributed by atoms with van der Waals surface area (Å²) in [5.74, 6) is -0.502. The van der Waals surface area contributed by atoms with Gasteiger partial charge >= 0.3 is 0 Å². The van der Waals surface area contributed by atoms with Gasteiger partial charge in [0, 0.05) is 13.8 Å². The van der Waals surface area contributed by atoms with Gasteiger partial charge < -0.3 is 0 Å². The average Bonchev–Trinajstić information content (AvgIpc) is 2.87. The molecule has 0 saturated heterocycles. The van der Waals surface area contributed by atoms with Gasteiger partial charge in [0.15, 0.2) is 0 Å². The zero-order chi connectivity index (χ0) is 12.9. The van der Waals surface area contributed by atoms with Crippen molar-refractivity contribution in [2.45, 2.75) is 13.8 Å². The molecule has 0 N–H and O–H groups in total. The van der Waals surface area contributed by atoms with Crippen LogP contribution in [0.3, 0.4) is 0 Å². The van der Waals surface area contributed by atoms with Crippen molar-refractivity contribution in [1.29, 1.82) is 0 Å². The van der Waals surface area contributed by atoms with Crippen LogP contribution in [0, 0.1) is 0 Å². The van der Waals surface area contributed by atoms with Crippen molar-refractivity contribution in [2.75, 3.05) is 0 Å². The molecule has 2 heterocycles. The van der Waals surface area contributed by atoms with Crippen LogP contribution in [-0.4, -0.2) is 41.8 Å². The number of hydrogen-bond acceptors (Lipinski definition) is 6. The van der Waals surface area contributed by atoms with Crippen LogP contribution >= 0.6 is 0 Å². The maximum absolute atomic E-state index is 11.4. The van der Waals surface area contributed by atoms with Crippen LogP contribution in [0.1, 0.15) is 23.4 Å². The number of benzene rings is 1. The summed E-state index contributed by atoms with van der Waals surface area (Å²) in [6.07, 6.45) is 0. The van der Waals surface area contributed by atoms with Gasteiger partial charge in [-0.3, -0.25) is 9.59 Å². The summed E-state index contributed by atoms with van der Waals surface area (Å²) < 4.78 is 2.35. The molecule has 0 spiro atoms. The molecule has 90 valence electrons. The third kappa shape index (κ3) is 1.32. The molecular formula is C10H8N6O2. The van der Waals surface area contributed by atoms with Crippen molar-refractivity contribution in [3.05, 3.63) is 12.1 Å². The molecule has 0 bridgehead atoms. The molecule has 8 nitrogen and oxygen atoms in total. The van der Waals surface area contributed by atoms with E-state index < -0.39 is 0 Å². The lowest BCUT2D eigenvalue weighted by Crippen LogP contribution is -2.08. The first-order chi connectivity index (χ1) is 8.58. The molecule has 0 radical (unpaired) electrons. The third-order valence-corrected chi connectivity index (χ3v) is 2.61. The van der Waals surface area contributed by atoms with E-state index in [4.69, 9.17) is 0 Å². The standard InChI is InChI=1S/C10H8N6O2/c1-5(17)15-9-4-10-8(3-7(9)11-13-15)12-14-16(10)6(2)18/h3-4H,1-2H3. The van der Waals surface area contributed by atoms with E-state index in [9.17, 15) is 9.59 Å². The van der Waals surface area contributed by atoms with E-state index in [0.717, 1.165) is 0 Å². The molecule has 18 heavy (non-hydrogen) atoms. The summed E-state index contributed by atoms with van der Waals surface area (Å²) in [4.78, 5) is 22.7. The number of rotatable bonds is 0. The van der Waals surface area contributed by atoms with E-state index in [0.29, 0.717) is 22.1 Å². The van der Waals surface area contributed by atoms with E-state index >= 15 is 0 Å². The fourth-order valence-corrected chi connectivity index (χ4v) is 1.80. The monoisotopic (exact) mass is 244 g/mol. The first kappa shape index (κ1) is 10.5. The van der Waals surface area contributed by atoms with Gasteiger partial charge in [0.1, 0.15) is 22.1 Å². The zero-order valence-electron chi connectivity index (χ0n) is 9.65. The van der Waals surface area contributed by atoms with Crippen LogP contribution in [0.15, 0.2) is 12.1 Å². The van der Waals surface area contributed by atoms with Crippen molar-refractivity contribution in [2.24, 2.45) is 0 Å². The highest BCUT2D eigenvalue weighted by Gasteiger charge is 2.14. The zero-order valence-corrected chi connectivity index (χ0v) is 9.65. The van der Waals surface area contributed by atoms with Crippen LogP contribution in [0.2, 0.25) is 0 Å². The van der Waals surface area contributed by atoms with E-state index in [-0.39, 0.29) is 11.8 Å². The highest BCUT2D eigenvalue weighted by molar-refractivity contribution is 5.98. The third-order valence-electron chi connectivity index (χ3n) is 2.61. The summed E-state index contributed by atoms with van der Waals surface area (Å²) in [7, 11) is 0. The molecule has 0 atom stereocenters. The van der Waals surface area contributed by atoms with Crippen molar-refractivity contribution in [1.82, 2.24) is 30.0 Å². The molecular weight excluding hydrogens is 236 g/mol. The highest BCUT2D eigenvalue weighted by Crippen LogP contribution is 2.19. The first-order valence-electron chi connectivity index (χ1n) is 5.20. The van der Waals surface area contributed by atoms with Crippen LogP contribution in [0.5, 0.6) is 0 Å². The Labute approximate surface area is 100 Å². The minimum atomic E-state index is -0.251. The van der Waals surface area contributed by atoms with Crippen LogP contribution < -0.4 is 0 Å². The van der Waals surface area contributed by atoms with Gasteiger partial charge in [0.05, 0.1) is 0 Å². The number of nitrogens with zero attached hydrogens (tertiary/aromatic N) is 6. The lowest BCUT2D eigenvalue weighted by atomic mass is 10.2. The summed E-state index contributed by atoms with van der Waals surface area (Å²) in [6, 6.07) is 3.27. The van der Waals surface area contributed by atoms with Gasteiger partial charge in [-0.05, 0) is 12.1 Å². The number of aromatic nitrogens is 6. The van der Waals surface area contributed by atoms with Crippen molar-refractivity contribution in [3.63, 3.8) is 0 Å². The largest absolute Gasteiger partial charge is 0.273 e. The minimum absolute atomic E-state index is 0.251. The maximum atomic E-state index is 11.4. The normalized spacial score (nSPS) is 11.2. The van der Waals surface area contributed by atoms with E-state index in [1.165, 1.54) is 23.2 Å². The Morgan fingerprint density at radius 1 is 0.889 bits per heavy atom. The van der Waals surface area contributed by atoms with E-state index in [2.05, 4.69) is 20.6 Å². The first-order valence-corrected chi connectivity index (χ1v) is 5.20. The van der Waals surface area contributed by atoms with Gasteiger partial charge in [-0.1, -0.05) is 10.4 Å². The molecule has 3 rings (SSSR count). The predicted octanol–water partition coefficient (Wildman–Crippen LogP) is 0.496. The lowest BCUT2D eigenvalue weighted by molar-refractivity contribution is 0.0917. The topological polar surface area (TPSA) is 95.6 Å². The quantitative estimate of drug-likeness (QED) is 0.571. The van der Waals surface area contributed by atoms with Gasteiger partial charge in [0.25, 0.3) is 0 Å². The molecule has 1 aromatic carbocycles. The maximum Gasteiger partial charge on any atom is 0.245 e. The van der Waals surface area contributed by atoms with Crippen LogP contribution in [0.4, 0.5) is 0 Å². The van der Waals surface area contributed by atoms with Crippen molar-refractivity contribution >= 4 is 33.9 Å². The second-order valence-corrected chi connectivity index (χ2v) is 3.87. The molecule has 0 aliphatic rings. The Balaban J connectivity index is 2.42. The average molecular weight is 244 g/mol. The Bertz CT molecular complexity index is 736. The van der Waals surface area contributed by atoms with Gasteiger partial charge in [0.2, 0.25) is 11.8 Å². The number of carbonyl (C=O) groups is 2. The fraction of sp³-hybridized carbons (Fsp3) is 0.200. The molecule has 0 amide bonds. The Morgan fingerprint density at radius 3 is 1.72 bits per heavy atom. The summed E-state index contributed by atoms with van der Waals surface area (Å²) >= 11 is 0.